The summed E-state index contributed by atoms with van der Waals surface area (Å²) in [4.78, 5) is 0.623. The molecule has 0 N–H and O–H groups in total. The van der Waals surface area contributed by atoms with E-state index >= 15 is 0 Å². The number of benzene rings is 3. The second-order valence-electron chi connectivity index (χ2n) is 11.1. The highest BCUT2D eigenvalue weighted by Gasteiger charge is 2.23. The number of hydrogen-bond acceptors (Lipinski definition) is 6. The van der Waals surface area contributed by atoms with Crippen molar-refractivity contribution in [1.82, 2.24) is 0 Å². The van der Waals surface area contributed by atoms with Crippen molar-refractivity contribution in [2.45, 2.75) is 52.4 Å². The minimum absolute atomic E-state index is 0.124. The molecule has 196 valence electrons. The van der Waals surface area contributed by atoms with E-state index in [0.717, 1.165) is 11.1 Å². The molecule has 0 unspecified atom stereocenters. The van der Waals surface area contributed by atoms with Gasteiger partial charge in [0, 0.05) is 11.2 Å². The molecule has 7 nitrogen and oxygen atoms in total. The van der Waals surface area contributed by atoms with Crippen molar-refractivity contribution in [3.05, 3.63) is 77.0 Å². The van der Waals surface area contributed by atoms with E-state index in [4.69, 9.17) is 18.9 Å². The molecule has 3 aromatic rings. The maximum absolute atomic E-state index is 13.5. The number of para-hydroxylation sites is 2. The molecule has 0 bridgehead atoms. The zero-order valence-electron chi connectivity index (χ0n) is 22.5. The topological polar surface area (TPSA) is 75.4 Å². The molecule has 0 amide bonds. The standard InChI is InChI=1S/C30H36N2O5/c1-29(2,3)21-11-13-25-23(19-21)31-32(33)24-20-22(30(4,5)6)12-14-26(24)35-16-18-37-28-10-8-7-9-27(28)36-17-15-34-25/h7-14,19-20H,15-18H2,1-6H3. The molecule has 7 heteroatoms. The first-order chi connectivity index (χ1) is 17.5. The van der Waals surface area contributed by atoms with E-state index in [2.05, 4.69) is 46.7 Å². The van der Waals surface area contributed by atoms with Crippen LogP contribution < -0.4 is 18.9 Å². The van der Waals surface area contributed by atoms with Gasteiger partial charge in [-0.05, 0) is 57.1 Å². The fourth-order valence-electron chi connectivity index (χ4n) is 3.89. The van der Waals surface area contributed by atoms with Crippen LogP contribution in [0.25, 0.3) is 0 Å². The normalized spacial score (nSPS) is 14.9. The second kappa shape index (κ2) is 10.7. The Kier molecular flexibility index (Phi) is 7.62. The van der Waals surface area contributed by atoms with Crippen molar-refractivity contribution in [2.75, 3.05) is 26.4 Å². The number of ether oxygens (including phenoxy) is 4. The Balaban J connectivity index is 1.79. The first-order valence-electron chi connectivity index (χ1n) is 12.6. The van der Waals surface area contributed by atoms with Gasteiger partial charge in [-0.2, -0.15) is 0 Å². The summed E-state index contributed by atoms with van der Waals surface area (Å²) >= 11 is 0. The van der Waals surface area contributed by atoms with Crippen LogP contribution >= 0.6 is 0 Å². The Morgan fingerprint density at radius 1 is 0.622 bits per heavy atom. The average Bonchev–Trinajstić information content (AvgIpc) is 2.84. The van der Waals surface area contributed by atoms with Gasteiger partial charge >= 0.3 is 0 Å². The SMILES string of the molecule is CC(C)(C)c1ccc2c(c1)N=[N+]([O-])c1cc(C(C)(C)C)ccc1OCCOc1ccccc1OCCO2. The molecule has 1 heterocycles. The van der Waals surface area contributed by atoms with Gasteiger partial charge in [-0.25, -0.2) is 0 Å². The smallest absolute Gasteiger partial charge is 0.286 e. The maximum Gasteiger partial charge on any atom is 0.286 e. The lowest BCUT2D eigenvalue weighted by Gasteiger charge is -2.21. The van der Waals surface area contributed by atoms with Gasteiger partial charge in [0.2, 0.25) is 0 Å². The van der Waals surface area contributed by atoms with Gasteiger partial charge in [-0.3, -0.25) is 0 Å². The van der Waals surface area contributed by atoms with E-state index in [0.29, 0.717) is 45.8 Å². The summed E-state index contributed by atoms with van der Waals surface area (Å²) in [7, 11) is 0. The first kappa shape index (κ1) is 26.3. The van der Waals surface area contributed by atoms with E-state index in [1.54, 1.807) is 0 Å². The fourth-order valence-corrected chi connectivity index (χ4v) is 3.89. The summed E-state index contributed by atoms with van der Waals surface area (Å²) in [5, 5.41) is 18.0. The molecule has 0 atom stereocenters. The molecular formula is C30H36N2O5. The van der Waals surface area contributed by atoms with Crippen molar-refractivity contribution in [2.24, 2.45) is 5.11 Å². The fraction of sp³-hybridized carbons (Fsp3) is 0.400. The van der Waals surface area contributed by atoms with Crippen LogP contribution in [0.15, 0.2) is 65.8 Å². The molecule has 0 radical (unpaired) electrons. The van der Waals surface area contributed by atoms with Crippen molar-refractivity contribution < 1.29 is 23.8 Å². The predicted octanol–water partition coefficient (Wildman–Crippen LogP) is 7.44. The molecule has 4 rings (SSSR count). The van der Waals surface area contributed by atoms with Crippen LogP contribution in [0.2, 0.25) is 0 Å². The largest absolute Gasteiger partial charge is 0.594 e. The quantitative estimate of drug-likeness (QED) is 0.235. The average molecular weight is 505 g/mol. The molecule has 37 heavy (non-hydrogen) atoms. The van der Waals surface area contributed by atoms with Gasteiger partial charge in [0.05, 0.1) is 0 Å². The Morgan fingerprint density at radius 3 is 1.62 bits per heavy atom. The van der Waals surface area contributed by atoms with Crippen LogP contribution in [0, 0.1) is 5.21 Å². The van der Waals surface area contributed by atoms with Crippen LogP contribution in [0.5, 0.6) is 23.0 Å². The molecule has 0 saturated carbocycles. The van der Waals surface area contributed by atoms with Crippen LogP contribution in [-0.4, -0.2) is 31.3 Å². The number of nitrogens with zero attached hydrogens (tertiary/aromatic N) is 2. The molecule has 0 aromatic heterocycles. The lowest BCUT2D eigenvalue weighted by molar-refractivity contribution is -0.436. The summed E-state index contributed by atoms with van der Waals surface area (Å²) in [6, 6.07) is 18.9. The summed E-state index contributed by atoms with van der Waals surface area (Å²) < 4.78 is 23.9. The second-order valence-corrected chi connectivity index (χ2v) is 11.1. The zero-order valence-corrected chi connectivity index (χ0v) is 22.5. The number of azo groups is 1. The molecule has 0 spiro atoms. The third kappa shape index (κ3) is 6.53. The Labute approximate surface area is 219 Å². The van der Waals surface area contributed by atoms with E-state index in [1.807, 2.05) is 60.7 Å². The predicted molar refractivity (Wildman–Crippen MR) is 144 cm³/mol. The minimum Gasteiger partial charge on any atom is -0.594 e. The van der Waals surface area contributed by atoms with Crippen LogP contribution in [-0.2, 0) is 10.8 Å². The Bertz CT molecular complexity index is 1270. The lowest BCUT2D eigenvalue weighted by atomic mass is 9.86. The highest BCUT2D eigenvalue weighted by atomic mass is 16.6. The van der Waals surface area contributed by atoms with Gasteiger partial charge in [0.15, 0.2) is 28.7 Å². The van der Waals surface area contributed by atoms with Crippen LogP contribution in [0.4, 0.5) is 11.4 Å². The monoisotopic (exact) mass is 504 g/mol. The van der Waals surface area contributed by atoms with Crippen LogP contribution in [0.3, 0.4) is 0 Å². The number of hydrogen-bond donors (Lipinski definition) is 0. The third-order valence-corrected chi connectivity index (χ3v) is 6.10. The Hall–Kier alpha value is -3.74. The maximum atomic E-state index is 13.5. The van der Waals surface area contributed by atoms with E-state index in [9.17, 15) is 5.21 Å². The minimum atomic E-state index is -0.154. The van der Waals surface area contributed by atoms with Crippen molar-refractivity contribution >= 4 is 11.4 Å². The number of rotatable bonds is 0. The molecule has 3 aromatic carbocycles. The molecule has 1 aliphatic rings. The van der Waals surface area contributed by atoms with Gasteiger partial charge < -0.3 is 24.2 Å². The van der Waals surface area contributed by atoms with Gasteiger partial charge in [0.1, 0.15) is 26.4 Å². The molecular weight excluding hydrogens is 468 g/mol. The molecule has 0 fully saturated rings. The van der Waals surface area contributed by atoms with Gasteiger partial charge in [0.25, 0.3) is 5.69 Å². The summed E-state index contributed by atoms with van der Waals surface area (Å²) in [5.74, 6) is 2.19. The highest BCUT2D eigenvalue weighted by Crippen LogP contribution is 2.38. The molecule has 1 aliphatic heterocycles. The van der Waals surface area contributed by atoms with E-state index in [1.165, 1.54) is 0 Å². The molecule has 0 aliphatic carbocycles. The van der Waals surface area contributed by atoms with Gasteiger partial charge in [-0.15, -0.1) is 0 Å². The van der Waals surface area contributed by atoms with Crippen molar-refractivity contribution in [3.8, 4) is 23.0 Å². The van der Waals surface area contributed by atoms with Gasteiger partial charge in [-0.1, -0.05) is 65.8 Å². The van der Waals surface area contributed by atoms with E-state index < -0.39 is 0 Å². The third-order valence-electron chi connectivity index (χ3n) is 6.10. The van der Waals surface area contributed by atoms with Crippen molar-refractivity contribution in [3.63, 3.8) is 0 Å². The number of fused-ring (bicyclic) bond motifs is 3. The Morgan fingerprint density at radius 2 is 1.08 bits per heavy atom. The lowest BCUT2D eigenvalue weighted by Crippen LogP contribution is -2.14. The van der Waals surface area contributed by atoms with E-state index in [-0.39, 0.29) is 30.7 Å². The van der Waals surface area contributed by atoms with Crippen LogP contribution in [0.1, 0.15) is 52.7 Å². The summed E-state index contributed by atoms with van der Waals surface area (Å²) in [5.41, 5.74) is 2.55. The highest BCUT2D eigenvalue weighted by molar-refractivity contribution is 5.55. The first-order valence-corrected chi connectivity index (χ1v) is 12.6. The summed E-state index contributed by atoms with van der Waals surface area (Å²) in [6.45, 7) is 13.8. The summed E-state index contributed by atoms with van der Waals surface area (Å²) in [6.07, 6.45) is 0. The van der Waals surface area contributed by atoms with Crippen molar-refractivity contribution in [1.29, 1.82) is 0 Å². The molecule has 0 saturated heterocycles. The zero-order chi connectivity index (χ0) is 26.6.